The van der Waals surface area contributed by atoms with Crippen molar-refractivity contribution in [2.45, 2.75) is 53.0 Å². The van der Waals surface area contributed by atoms with E-state index in [1.54, 1.807) is 0 Å². The second-order valence-corrected chi connectivity index (χ2v) is 10.2. The van der Waals surface area contributed by atoms with Gasteiger partial charge in [-0.2, -0.15) is 0 Å². The van der Waals surface area contributed by atoms with Crippen molar-refractivity contribution in [3.63, 3.8) is 0 Å². The molecule has 0 bridgehead atoms. The summed E-state index contributed by atoms with van der Waals surface area (Å²) in [6.07, 6.45) is 1.30. The molecule has 1 aliphatic rings. The summed E-state index contributed by atoms with van der Waals surface area (Å²) in [7, 11) is 0. The van der Waals surface area contributed by atoms with Crippen molar-refractivity contribution in [2.24, 2.45) is 0 Å². The lowest BCUT2D eigenvalue weighted by Gasteiger charge is -2.20. The Kier molecular flexibility index (Phi) is 6.76. The van der Waals surface area contributed by atoms with E-state index < -0.39 is 0 Å². The molecule has 1 atom stereocenters. The van der Waals surface area contributed by atoms with Crippen molar-refractivity contribution in [3.8, 4) is 5.75 Å². The highest BCUT2D eigenvalue weighted by Gasteiger charge is 2.35. The number of imidazole rings is 1. The topological polar surface area (TPSA) is 47.4 Å². The van der Waals surface area contributed by atoms with Gasteiger partial charge in [0.05, 0.1) is 17.6 Å². The Balaban J connectivity index is 1.35. The summed E-state index contributed by atoms with van der Waals surface area (Å²) in [6, 6.07) is 18.3. The number of para-hydroxylation sites is 2. The van der Waals surface area contributed by atoms with Crippen LogP contribution in [-0.2, 0) is 11.3 Å². The van der Waals surface area contributed by atoms with Crippen LogP contribution in [0.5, 0.6) is 5.75 Å². The predicted molar refractivity (Wildman–Crippen MR) is 146 cm³/mol. The Morgan fingerprint density at radius 2 is 1.75 bits per heavy atom. The summed E-state index contributed by atoms with van der Waals surface area (Å²) >= 11 is 6.30. The minimum absolute atomic E-state index is 0.0484. The van der Waals surface area contributed by atoms with Crippen LogP contribution in [0.1, 0.15) is 46.8 Å². The molecular weight excluding hydrogens is 470 g/mol. The zero-order valence-electron chi connectivity index (χ0n) is 21.3. The Morgan fingerprint density at radius 1 is 1.00 bits per heavy atom. The Hall–Kier alpha value is -3.31. The van der Waals surface area contributed by atoms with Crippen LogP contribution >= 0.6 is 11.6 Å². The van der Waals surface area contributed by atoms with Crippen molar-refractivity contribution in [2.75, 3.05) is 18.1 Å². The number of carbonyl (C=O) groups excluding carboxylic acids is 1. The van der Waals surface area contributed by atoms with Crippen molar-refractivity contribution >= 4 is 34.2 Å². The van der Waals surface area contributed by atoms with Crippen LogP contribution in [-0.4, -0.2) is 28.6 Å². The van der Waals surface area contributed by atoms with Crippen LogP contribution in [0.3, 0.4) is 0 Å². The number of nitrogens with zero attached hydrogens (tertiary/aromatic N) is 3. The van der Waals surface area contributed by atoms with E-state index in [0.717, 1.165) is 63.0 Å². The number of benzene rings is 3. The molecule has 186 valence electrons. The van der Waals surface area contributed by atoms with Crippen LogP contribution in [0.2, 0.25) is 5.02 Å². The quantitative estimate of drug-likeness (QED) is 0.258. The molecule has 4 aromatic rings. The van der Waals surface area contributed by atoms with Crippen LogP contribution < -0.4 is 9.64 Å². The summed E-state index contributed by atoms with van der Waals surface area (Å²) in [5.74, 6) is 2.03. The first kappa shape index (κ1) is 24.4. The van der Waals surface area contributed by atoms with Crippen LogP contribution in [0.25, 0.3) is 11.0 Å². The highest BCUT2D eigenvalue weighted by molar-refractivity contribution is 6.32. The fourth-order valence-electron chi connectivity index (χ4n) is 5.18. The zero-order chi connectivity index (χ0) is 25.4. The second kappa shape index (κ2) is 9.98. The van der Waals surface area contributed by atoms with E-state index in [1.807, 2.05) is 61.2 Å². The minimum atomic E-state index is 0.0484. The molecule has 1 aromatic heterocycles. The number of anilines is 1. The van der Waals surface area contributed by atoms with Crippen molar-refractivity contribution < 1.29 is 9.53 Å². The van der Waals surface area contributed by atoms with E-state index in [-0.39, 0.29) is 11.8 Å². The number of ether oxygens (including phenoxy) is 1. The number of fused-ring (bicyclic) bond motifs is 1. The van der Waals surface area contributed by atoms with Gasteiger partial charge in [0.1, 0.15) is 11.6 Å². The summed E-state index contributed by atoms with van der Waals surface area (Å²) in [5, 5.41) is 0.790. The maximum absolute atomic E-state index is 13.1. The number of aromatic nitrogens is 2. The Labute approximate surface area is 217 Å². The molecule has 1 amide bonds. The van der Waals surface area contributed by atoms with Crippen molar-refractivity contribution in [3.05, 3.63) is 87.7 Å². The molecule has 5 rings (SSSR count). The molecule has 1 saturated heterocycles. The lowest BCUT2D eigenvalue weighted by atomic mass is 10.1. The van der Waals surface area contributed by atoms with Gasteiger partial charge >= 0.3 is 0 Å². The van der Waals surface area contributed by atoms with Crippen LogP contribution in [0, 0.1) is 27.7 Å². The van der Waals surface area contributed by atoms with Gasteiger partial charge in [0.25, 0.3) is 0 Å². The SMILES string of the molecule is Cc1cccc(N2CC(c3nc4ccccc4n3CCCOc3cc(C)c(Cl)c(C)c3)CC2=O)c1C. The molecule has 0 radical (unpaired) electrons. The van der Waals surface area contributed by atoms with E-state index in [1.165, 1.54) is 5.56 Å². The average molecular weight is 502 g/mol. The molecule has 1 unspecified atom stereocenters. The van der Waals surface area contributed by atoms with Crippen molar-refractivity contribution in [1.29, 1.82) is 0 Å². The summed E-state index contributed by atoms with van der Waals surface area (Å²) in [4.78, 5) is 20.0. The van der Waals surface area contributed by atoms with Gasteiger partial charge in [0.15, 0.2) is 0 Å². The first-order valence-electron chi connectivity index (χ1n) is 12.5. The van der Waals surface area contributed by atoms with Gasteiger partial charge < -0.3 is 14.2 Å². The first-order chi connectivity index (χ1) is 17.3. The zero-order valence-corrected chi connectivity index (χ0v) is 22.1. The van der Waals surface area contributed by atoms with E-state index in [2.05, 4.69) is 30.5 Å². The van der Waals surface area contributed by atoms with Gasteiger partial charge in [-0.1, -0.05) is 35.9 Å². The minimum Gasteiger partial charge on any atom is -0.494 e. The monoisotopic (exact) mass is 501 g/mol. The third-order valence-corrected chi connectivity index (χ3v) is 7.84. The normalized spacial score (nSPS) is 15.8. The standard InChI is InChI=1S/C30H32ClN3O2/c1-19-9-7-12-26(22(19)4)34-18-23(17-28(34)35)30-32-25-10-5-6-11-27(25)33(30)13-8-14-36-24-15-20(2)29(31)21(3)16-24/h5-7,9-12,15-16,23H,8,13-14,17-18H2,1-4H3. The fourth-order valence-corrected chi connectivity index (χ4v) is 5.29. The summed E-state index contributed by atoms with van der Waals surface area (Å²) < 4.78 is 8.34. The number of aryl methyl sites for hydroxylation is 4. The van der Waals surface area contributed by atoms with Gasteiger partial charge in [-0.25, -0.2) is 4.98 Å². The predicted octanol–water partition coefficient (Wildman–Crippen LogP) is 6.91. The molecule has 5 nitrogen and oxygen atoms in total. The largest absolute Gasteiger partial charge is 0.494 e. The van der Waals surface area contributed by atoms with Gasteiger partial charge in [0, 0.05) is 36.1 Å². The van der Waals surface area contributed by atoms with Crippen LogP contribution in [0.15, 0.2) is 54.6 Å². The molecule has 2 heterocycles. The first-order valence-corrected chi connectivity index (χ1v) is 12.9. The third kappa shape index (κ3) is 4.60. The van der Waals surface area contributed by atoms with Crippen molar-refractivity contribution in [1.82, 2.24) is 9.55 Å². The highest BCUT2D eigenvalue weighted by atomic mass is 35.5. The number of hydrogen-bond donors (Lipinski definition) is 0. The summed E-state index contributed by atoms with van der Waals surface area (Å²) in [5.41, 5.74) is 7.47. The average Bonchev–Trinajstić information content (AvgIpc) is 3.42. The van der Waals surface area contributed by atoms with E-state index in [9.17, 15) is 4.79 Å². The summed E-state index contributed by atoms with van der Waals surface area (Å²) in [6.45, 7) is 10.2. The van der Waals surface area contributed by atoms with Gasteiger partial charge in [-0.3, -0.25) is 4.79 Å². The second-order valence-electron chi connectivity index (χ2n) is 9.81. The lowest BCUT2D eigenvalue weighted by molar-refractivity contribution is -0.117. The molecule has 0 spiro atoms. The van der Waals surface area contributed by atoms with Crippen LogP contribution in [0.4, 0.5) is 5.69 Å². The molecule has 0 N–H and O–H groups in total. The van der Waals surface area contributed by atoms with E-state index in [4.69, 9.17) is 21.3 Å². The molecule has 0 saturated carbocycles. The number of amides is 1. The third-order valence-electron chi connectivity index (χ3n) is 7.25. The fraction of sp³-hybridized carbons (Fsp3) is 0.333. The van der Waals surface area contributed by atoms with E-state index >= 15 is 0 Å². The smallest absolute Gasteiger partial charge is 0.227 e. The lowest BCUT2D eigenvalue weighted by Crippen LogP contribution is -2.25. The van der Waals surface area contributed by atoms with Gasteiger partial charge in [0.2, 0.25) is 5.91 Å². The Bertz CT molecular complexity index is 1420. The van der Waals surface area contributed by atoms with Gasteiger partial charge in [-0.05, 0) is 86.7 Å². The molecule has 6 heteroatoms. The number of hydrogen-bond acceptors (Lipinski definition) is 3. The van der Waals surface area contributed by atoms with Gasteiger partial charge in [-0.15, -0.1) is 0 Å². The number of carbonyl (C=O) groups is 1. The molecule has 1 aliphatic heterocycles. The molecule has 0 aliphatic carbocycles. The molecular formula is C30H32ClN3O2. The highest BCUT2D eigenvalue weighted by Crippen LogP contribution is 2.35. The Morgan fingerprint density at radius 3 is 2.53 bits per heavy atom. The molecule has 36 heavy (non-hydrogen) atoms. The molecule has 3 aromatic carbocycles. The molecule has 1 fully saturated rings. The number of rotatable bonds is 7. The van der Waals surface area contributed by atoms with E-state index in [0.29, 0.717) is 19.6 Å². The number of halogens is 1. The maximum Gasteiger partial charge on any atom is 0.227 e. The maximum atomic E-state index is 13.1.